The summed E-state index contributed by atoms with van der Waals surface area (Å²) in [7, 11) is 1.24. The number of aliphatic carboxylic acids is 1. The van der Waals surface area contributed by atoms with Gasteiger partial charge < -0.3 is 20.3 Å². The average molecular weight is 607 g/mol. The van der Waals surface area contributed by atoms with Gasteiger partial charge >= 0.3 is 11.9 Å². The second-order valence-electron chi connectivity index (χ2n) is 11.7. The van der Waals surface area contributed by atoms with Gasteiger partial charge in [-0.1, -0.05) is 26.5 Å². The van der Waals surface area contributed by atoms with Gasteiger partial charge in [0.15, 0.2) is 5.78 Å². The van der Waals surface area contributed by atoms with Crippen molar-refractivity contribution in [1.29, 1.82) is 0 Å². The molecule has 10 heteroatoms. The van der Waals surface area contributed by atoms with Gasteiger partial charge in [-0.3, -0.25) is 14.4 Å². The maximum Gasteiger partial charge on any atom is 0.321 e. The number of carbonyl (C=O) groups is 3. The van der Waals surface area contributed by atoms with Gasteiger partial charge in [0.2, 0.25) is 0 Å². The zero-order chi connectivity index (χ0) is 32.3. The molecule has 0 aromatic carbocycles. The predicted molar refractivity (Wildman–Crippen MR) is 170 cm³/mol. The summed E-state index contributed by atoms with van der Waals surface area (Å²) >= 11 is 0. The molecule has 5 aliphatic heterocycles. The molecule has 6 aliphatic rings. The van der Waals surface area contributed by atoms with Crippen molar-refractivity contribution in [1.82, 2.24) is 5.32 Å². The Bertz CT molecular complexity index is 1870. The Morgan fingerprint density at radius 2 is 1.84 bits per heavy atom. The molecule has 0 unspecified atom stereocenters. The van der Waals surface area contributed by atoms with E-state index in [0.717, 1.165) is 28.7 Å². The van der Waals surface area contributed by atoms with Crippen molar-refractivity contribution in [3.63, 3.8) is 0 Å². The number of rotatable bonds is 6. The lowest BCUT2D eigenvalue weighted by Crippen LogP contribution is -2.26. The molecule has 0 radical (unpaired) electrons. The molecule has 0 aromatic heterocycles. The fourth-order valence-corrected chi connectivity index (χ4v) is 6.99. The molecule has 6 rings (SSSR count). The van der Waals surface area contributed by atoms with Crippen LogP contribution in [0.15, 0.2) is 120 Å². The number of aliphatic imine (C=N–C) groups is 3. The number of nitrogens with one attached hydrogen (secondary N) is 1. The molecule has 3 atom stereocenters. The van der Waals surface area contributed by atoms with Gasteiger partial charge in [0.05, 0.1) is 47.6 Å². The van der Waals surface area contributed by atoms with E-state index in [9.17, 15) is 24.6 Å². The second-order valence-corrected chi connectivity index (χ2v) is 11.7. The monoisotopic (exact) mass is 606 g/mol. The number of nitrogens with zero attached hydrogens (tertiary/aromatic N) is 3. The molecule has 10 nitrogen and oxygen atoms in total. The number of Topliss-reactive ketones (excluding diaryl/α,β-unsaturated/α-hetero) is 1. The largest absolute Gasteiger partial charge is 0.515 e. The smallest absolute Gasteiger partial charge is 0.321 e. The highest BCUT2D eigenvalue weighted by atomic mass is 16.5. The van der Waals surface area contributed by atoms with E-state index in [-0.39, 0.29) is 24.7 Å². The van der Waals surface area contributed by atoms with Gasteiger partial charge in [0, 0.05) is 51.9 Å². The lowest BCUT2D eigenvalue weighted by atomic mass is 9.85. The minimum atomic E-state index is -1.24. The van der Waals surface area contributed by atoms with Gasteiger partial charge in [0.25, 0.3) is 0 Å². The number of fused-ring (bicyclic) bond motifs is 5. The van der Waals surface area contributed by atoms with Crippen LogP contribution in [0.5, 0.6) is 0 Å². The number of allylic oxidation sites excluding steroid dienone is 11. The van der Waals surface area contributed by atoms with E-state index < -0.39 is 23.6 Å². The summed E-state index contributed by atoms with van der Waals surface area (Å²) in [4.78, 5) is 53.6. The van der Waals surface area contributed by atoms with Crippen LogP contribution in [0.25, 0.3) is 0 Å². The molecule has 3 N–H and O–H groups in total. The predicted octanol–water partition coefficient (Wildman–Crippen LogP) is 5.29. The van der Waals surface area contributed by atoms with Crippen LogP contribution in [0.1, 0.15) is 47.0 Å². The van der Waals surface area contributed by atoms with E-state index in [4.69, 9.17) is 19.7 Å². The summed E-state index contributed by atoms with van der Waals surface area (Å²) in [6.45, 7) is 11.7. The van der Waals surface area contributed by atoms with Crippen molar-refractivity contribution in [3.8, 4) is 0 Å². The molecule has 0 amide bonds. The fraction of sp³-hybridized carbons (Fsp3) is 0.314. The minimum Gasteiger partial charge on any atom is -0.515 e. The molecular weight excluding hydrogens is 572 g/mol. The molecule has 2 fully saturated rings. The lowest BCUT2D eigenvalue weighted by molar-refractivity contribution is -0.146. The fourth-order valence-electron chi connectivity index (χ4n) is 6.99. The van der Waals surface area contributed by atoms with Gasteiger partial charge in [-0.05, 0) is 61.6 Å². The van der Waals surface area contributed by atoms with Crippen LogP contribution in [0.2, 0.25) is 0 Å². The van der Waals surface area contributed by atoms with Crippen LogP contribution < -0.4 is 5.32 Å². The Morgan fingerprint density at radius 3 is 2.49 bits per heavy atom. The summed E-state index contributed by atoms with van der Waals surface area (Å²) < 4.78 is 5.11. The Kier molecular flexibility index (Phi) is 7.39. The highest BCUT2D eigenvalue weighted by Gasteiger charge is 2.51. The average Bonchev–Trinajstić information content (AvgIpc) is 3.76. The first-order chi connectivity index (χ1) is 21.5. The molecule has 5 heterocycles. The van der Waals surface area contributed by atoms with Crippen LogP contribution in [0, 0.1) is 17.8 Å². The maximum absolute atomic E-state index is 14.0. The number of carboxylic acid groups (broad SMARTS) is 1. The van der Waals surface area contributed by atoms with Gasteiger partial charge in [-0.15, -0.1) is 0 Å². The summed E-state index contributed by atoms with van der Waals surface area (Å²) in [5, 5.41) is 23.4. The Hall–Kier alpha value is -5.12. The third-order valence-electron chi connectivity index (χ3n) is 9.40. The standard InChI is InChI=1S/C35H34N4O6/c1-7-18-15(3)22-11-23-16(4)20(9-10-28(41)42)32(38-23)30-31(35(44)45-6)34(43)29-17(5)24(39-33(29)30)12-26-19(8-2)21(14-40)27(37-26)13-25(18)36-22/h7,11-14,16,20,31,38,40H,1,8-10H2,2-6H3,(H,41,42)/b21-14-,23-11?,24-12?,25-13?,32-30?/t16-,20-,31+/m0/s1. The molecule has 45 heavy (non-hydrogen) atoms. The molecule has 1 saturated carbocycles. The first-order valence-corrected chi connectivity index (χ1v) is 14.9. The Labute approximate surface area is 260 Å². The van der Waals surface area contributed by atoms with Gasteiger partial charge in [-0.25, -0.2) is 15.0 Å². The summed E-state index contributed by atoms with van der Waals surface area (Å²) in [5.41, 5.74) is 9.16. The SMILES string of the molecule is C=CC1=C(C)C2=NC1=CC1=NC(=C(CC)/C1=C/O)C=C1N=C3C(=C1C)C(=O)[C@H](C(=O)OC)C3=C1NC(=C2)[C@@H](C)[C@@H]1CCC(=O)O. The Balaban J connectivity index is 1.69. The van der Waals surface area contributed by atoms with Crippen molar-refractivity contribution >= 4 is 34.9 Å². The number of carboxylic acids is 1. The number of carbonyl (C=O) groups excluding carboxylic acids is 2. The third kappa shape index (κ3) is 4.54. The number of aliphatic hydroxyl groups excluding tert-OH is 1. The van der Waals surface area contributed by atoms with Crippen LogP contribution in [0.3, 0.4) is 0 Å². The number of hydrogen-bond acceptors (Lipinski definition) is 9. The van der Waals surface area contributed by atoms with E-state index in [0.29, 0.717) is 68.6 Å². The number of hydrogen-bond donors (Lipinski definition) is 3. The molecular formula is C35H34N4O6. The zero-order valence-electron chi connectivity index (χ0n) is 25.8. The van der Waals surface area contributed by atoms with E-state index in [1.54, 1.807) is 19.1 Å². The number of esters is 1. The first-order valence-electron chi connectivity index (χ1n) is 14.9. The minimum absolute atomic E-state index is 0.0981. The number of ether oxygens (including phenoxy) is 1. The van der Waals surface area contributed by atoms with Crippen LogP contribution in [0.4, 0.5) is 0 Å². The second kappa shape index (κ2) is 11.1. The van der Waals surface area contributed by atoms with Crippen molar-refractivity contribution in [2.75, 3.05) is 7.11 Å². The molecule has 0 aromatic rings. The quantitative estimate of drug-likeness (QED) is 0.211. The van der Waals surface area contributed by atoms with Crippen LogP contribution in [-0.4, -0.2) is 52.2 Å². The van der Waals surface area contributed by atoms with E-state index in [2.05, 4.69) is 11.9 Å². The molecule has 1 aliphatic carbocycles. The van der Waals surface area contributed by atoms with Crippen molar-refractivity contribution in [2.24, 2.45) is 32.7 Å². The van der Waals surface area contributed by atoms with Crippen molar-refractivity contribution in [3.05, 3.63) is 105 Å². The topological polar surface area (TPSA) is 150 Å². The molecule has 230 valence electrons. The first kappa shape index (κ1) is 29.9. The third-order valence-corrected chi connectivity index (χ3v) is 9.40. The maximum atomic E-state index is 14.0. The van der Waals surface area contributed by atoms with Crippen LogP contribution in [-0.2, 0) is 19.1 Å². The zero-order valence-corrected chi connectivity index (χ0v) is 25.8. The molecule has 8 bridgehead atoms. The Morgan fingerprint density at radius 1 is 1.09 bits per heavy atom. The normalized spacial score (nSPS) is 26.2. The number of aliphatic hydroxyl groups is 1. The van der Waals surface area contributed by atoms with Crippen LogP contribution >= 0.6 is 0 Å². The highest BCUT2D eigenvalue weighted by molar-refractivity contribution is 6.42. The van der Waals surface area contributed by atoms with E-state index in [1.807, 2.05) is 32.9 Å². The lowest BCUT2D eigenvalue weighted by Gasteiger charge is -2.18. The van der Waals surface area contributed by atoms with Gasteiger partial charge in [0.1, 0.15) is 5.92 Å². The van der Waals surface area contributed by atoms with Gasteiger partial charge in [-0.2, -0.15) is 0 Å². The van der Waals surface area contributed by atoms with Crippen molar-refractivity contribution in [2.45, 2.75) is 47.0 Å². The summed E-state index contributed by atoms with van der Waals surface area (Å²) in [5.74, 6) is -3.83. The molecule has 1 saturated heterocycles. The number of methoxy groups -OCH3 is 1. The van der Waals surface area contributed by atoms with Crippen molar-refractivity contribution < 1.29 is 29.3 Å². The highest BCUT2D eigenvalue weighted by Crippen LogP contribution is 2.47. The molecule has 0 spiro atoms. The summed E-state index contributed by atoms with van der Waals surface area (Å²) in [6.07, 6.45) is 9.09. The van der Waals surface area contributed by atoms with E-state index >= 15 is 0 Å². The summed E-state index contributed by atoms with van der Waals surface area (Å²) in [6, 6.07) is 0. The number of ketones is 1. The van der Waals surface area contributed by atoms with E-state index in [1.165, 1.54) is 7.11 Å².